The fraction of sp³-hybridized carbons (Fsp3) is 0.889. The van der Waals surface area contributed by atoms with E-state index in [1.165, 1.54) is 7.11 Å². The number of hydrogen-bond donors (Lipinski definition) is 0. The van der Waals surface area contributed by atoms with Crippen LogP contribution in [0.15, 0.2) is 0 Å². The minimum atomic E-state index is -0.217. The molecular weight excluding hydrogens is 154 g/mol. The van der Waals surface area contributed by atoms with E-state index < -0.39 is 0 Å². The molecule has 0 aromatic carbocycles. The SMILES string of the molecule is CCCN(CC(C)C)C(=O)OC. The summed E-state index contributed by atoms with van der Waals surface area (Å²) in [5, 5.41) is 0. The van der Waals surface area contributed by atoms with Crippen LogP contribution in [0.2, 0.25) is 0 Å². The minimum Gasteiger partial charge on any atom is -0.453 e. The predicted octanol–water partition coefficient (Wildman–Crippen LogP) is 2.12. The Morgan fingerprint density at radius 3 is 2.42 bits per heavy atom. The normalized spacial score (nSPS) is 10.1. The average Bonchev–Trinajstić information content (AvgIpc) is 2.01. The highest BCUT2D eigenvalue weighted by Gasteiger charge is 2.13. The first-order chi connectivity index (χ1) is 5.61. The van der Waals surface area contributed by atoms with Crippen molar-refractivity contribution >= 4 is 6.09 Å². The van der Waals surface area contributed by atoms with Gasteiger partial charge in [0.05, 0.1) is 7.11 Å². The molecule has 0 saturated heterocycles. The first kappa shape index (κ1) is 11.3. The van der Waals surface area contributed by atoms with E-state index in [-0.39, 0.29) is 6.09 Å². The highest BCUT2D eigenvalue weighted by atomic mass is 16.5. The maximum absolute atomic E-state index is 11.1. The summed E-state index contributed by atoms with van der Waals surface area (Å²) in [6.45, 7) is 7.79. The molecule has 0 aromatic heterocycles. The molecule has 0 saturated carbocycles. The first-order valence-electron chi connectivity index (χ1n) is 4.44. The van der Waals surface area contributed by atoms with Crippen LogP contribution in [0.5, 0.6) is 0 Å². The number of amides is 1. The summed E-state index contributed by atoms with van der Waals surface area (Å²) in [7, 11) is 1.42. The summed E-state index contributed by atoms with van der Waals surface area (Å²) in [4.78, 5) is 12.9. The predicted molar refractivity (Wildman–Crippen MR) is 49.1 cm³/mol. The Kier molecular flexibility index (Phi) is 5.51. The van der Waals surface area contributed by atoms with Crippen molar-refractivity contribution in [3.63, 3.8) is 0 Å². The van der Waals surface area contributed by atoms with Gasteiger partial charge in [-0.1, -0.05) is 20.8 Å². The van der Waals surface area contributed by atoms with Crippen LogP contribution in [-0.4, -0.2) is 31.2 Å². The average molecular weight is 173 g/mol. The van der Waals surface area contributed by atoms with E-state index in [2.05, 4.69) is 25.5 Å². The van der Waals surface area contributed by atoms with E-state index in [9.17, 15) is 4.79 Å². The third-order valence-electron chi connectivity index (χ3n) is 1.51. The van der Waals surface area contributed by atoms with Crippen molar-refractivity contribution in [2.24, 2.45) is 5.92 Å². The lowest BCUT2D eigenvalue weighted by Gasteiger charge is -2.22. The van der Waals surface area contributed by atoms with E-state index >= 15 is 0 Å². The molecule has 72 valence electrons. The molecule has 0 aliphatic rings. The molecule has 0 atom stereocenters. The Morgan fingerprint density at radius 2 is 2.08 bits per heavy atom. The lowest BCUT2D eigenvalue weighted by atomic mass is 10.2. The van der Waals surface area contributed by atoms with Crippen molar-refractivity contribution in [2.45, 2.75) is 27.2 Å². The standard InChI is InChI=1S/C9H19NO2/c1-5-6-10(7-8(2)3)9(11)12-4/h8H,5-7H2,1-4H3. The summed E-state index contributed by atoms with van der Waals surface area (Å²) >= 11 is 0. The summed E-state index contributed by atoms with van der Waals surface area (Å²) in [6.07, 6.45) is 0.757. The van der Waals surface area contributed by atoms with Crippen LogP contribution < -0.4 is 0 Å². The molecular formula is C9H19NO2. The summed E-state index contributed by atoms with van der Waals surface area (Å²) in [5.74, 6) is 0.496. The summed E-state index contributed by atoms with van der Waals surface area (Å²) < 4.78 is 4.65. The Labute approximate surface area is 74.7 Å². The van der Waals surface area contributed by atoms with Crippen LogP contribution in [-0.2, 0) is 4.74 Å². The smallest absolute Gasteiger partial charge is 0.409 e. The molecule has 0 aromatic rings. The quantitative estimate of drug-likeness (QED) is 0.651. The van der Waals surface area contributed by atoms with Gasteiger partial charge in [0, 0.05) is 13.1 Å². The van der Waals surface area contributed by atoms with Gasteiger partial charge in [-0.2, -0.15) is 0 Å². The number of hydrogen-bond acceptors (Lipinski definition) is 2. The van der Waals surface area contributed by atoms with Crippen molar-refractivity contribution in [1.82, 2.24) is 4.90 Å². The largest absolute Gasteiger partial charge is 0.453 e. The number of nitrogens with zero attached hydrogens (tertiary/aromatic N) is 1. The fourth-order valence-electron chi connectivity index (χ4n) is 1.10. The molecule has 1 amide bonds. The Balaban J connectivity index is 3.94. The molecule has 3 heteroatoms. The number of methoxy groups -OCH3 is 1. The zero-order valence-electron chi connectivity index (χ0n) is 8.46. The van der Waals surface area contributed by atoms with Crippen LogP contribution in [0.4, 0.5) is 4.79 Å². The minimum absolute atomic E-state index is 0.217. The Morgan fingerprint density at radius 1 is 1.50 bits per heavy atom. The van der Waals surface area contributed by atoms with Gasteiger partial charge in [-0.25, -0.2) is 4.79 Å². The number of carbonyl (C=O) groups excluding carboxylic acids is 1. The second-order valence-corrected chi connectivity index (χ2v) is 3.31. The van der Waals surface area contributed by atoms with Gasteiger partial charge in [0.1, 0.15) is 0 Å². The van der Waals surface area contributed by atoms with E-state index in [0.29, 0.717) is 5.92 Å². The van der Waals surface area contributed by atoms with Crippen molar-refractivity contribution in [3.8, 4) is 0 Å². The molecule has 0 spiro atoms. The van der Waals surface area contributed by atoms with Gasteiger partial charge in [0.2, 0.25) is 0 Å². The van der Waals surface area contributed by atoms with Crippen LogP contribution in [0.3, 0.4) is 0 Å². The molecule has 3 nitrogen and oxygen atoms in total. The first-order valence-corrected chi connectivity index (χ1v) is 4.44. The number of carbonyl (C=O) groups is 1. The third-order valence-corrected chi connectivity index (χ3v) is 1.51. The second-order valence-electron chi connectivity index (χ2n) is 3.31. The van der Waals surface area contributed by atoms with E-state index in [4.69, 9.17) is 0 Å². The molecule has 0 unspecified atom stereocenters. The van der Waals surface area contributed by atoms with E-state index in [0.717, 1.165) is 19.5 Å². The molecule has 0 radical (unpaired) electrons. The summed E-state index contributed by atoms with van der Waals surface area (Å²) in [5.41, 5.74) is 0. The Bertz CT molecular complexity index is 134. The molecule has 0 heterocycles. The van der Waals surface area contributed by atoms with Crippen molar-refractivity contribution in [2.75, 3.05) is 20.2 Å². The maximum atomic E-state index is 11.1. The van der Waals surface area contributed by atoms with Gasteiger partial charge in [0.15, 0.2) is 0 Å². The van der Waals surface area contributed by atoms with E-state index in [1.807, 2.05) is 0 Å². The van der Waals surface area contributed by atoms with Crippen molar-refractivity contribution in [1.29, 1.82) is 0 Å². The zero-order chi connectivity index (χ0) is 9.56. The topological polar surface area (TPSA) is 29.5 Å². The maximum Gasteiger partial charge on any atom is 0.409 e. The van der Waals surface area contributed by atoms with Gasteiger partial charge in [-0.15, -0.1) is 0 Å². The highest BCUT2D eigenvalue weighted by molar-refractivity contribution is 5.67. The number of ether oxygens (including phenoxy) is 1. The molecule has 0 aliphatic heterocycles. The molecule has 12 heavy (non-hydrogen) atoms. The van der Waals surface area contributed by atoms with Gasteiger partial charge in [-0.05, 0) is 12.3 Å². The fourth-order valence-corrected chi connectivity index (χ4v) is 1.10. The highest BCUT2D eigenvalue weighted by Crippen LogP contribution is 2.01. The van der Waals surface area contributed by atoms with Gasteiger partial charge in [0.25, 0.3) is 0 Å². The van der Waals surface area contributed by atoms with Crippen LogP contribution >= 0.6 is 0 Å². The van der Waals surface area contributed by atoms with Gasteiger partial charge < -0.3 is 9.64 Å². The lowest BCUT2D eigenvalue weighted by molar-refractivity contribution is 0.118. The molecule has 0 fully saturated rings. The van der Waals surface area contributed by atoms with Crippen molar-refractivity contribution in [3.05, 3.63) is 0 Å². The lowest BCUT2D eigenvalue weighted by Crippen LogP contribution is -2.34. The van der Waals surface area contributed by atoms with Crippen molar-refractivity contribution < 1.29 is 9.53 Å². The van der Waals surface area contributed by atoms with Crippen LogP contribution in [0.25, 0.3) is 0 Å². The zero-order valence-corrected chi connectivity index (χ0v) is 8.46. The molecule has 0 N–H and O–H groups in total. The third kappa shape index (κ3) is 4.21. The molecule has 0 aliphatic carbocycles. The monoisotopic (exact) mass is 173 g/mol. The van der Waals surface area contributed by atoms with Gasteiger partial charge >= 0.3 is 6.09 Å². The van der Waals surface area contributed by atoms with E-state index in [1.54, 1.807) is 4.90 Å². The summed E-state index contributed by atoms with van der Waals surface area (Å²) in [6, 6.07) is 0. The van der Waals surface area contributed by atoms with Crippen LogP contribution in [0.1, 0.15) is 27.2 Å². The molecule has 0 rings (SSSR count). The Hall–Kier alpha value is -0.730. The van der Waals surface area contributed by atoms with Crippen LogP contribution in [0, 0.1) is 5.92 Å². The number of rotatable bonds is 4. The van der Waals surface area contributed by atoms with Gasteiger partial charge in [-0.3, -0.25) is 0 Å². The second kappa shape index (κ2) is 5.86. The molecule has 0 bridgehead atoms.